The molecule has 0 radical (unpaired) electrons. The van der Waals surface area contributed by atoms with Gasteiger partial charge < -0.3 is 11.1 Å². The average Bonchev–Trinajstić information content (AvgIpc) is 3.09. The number of nitrogens with one attached hydrogen (secondary N) is 2. The van der Waals surface area contributed by atoms with Crippen LogP contribution in [0.5, 0.6) is 0 Å². The Bertz CT molecular complexity index is 736. The molecular weight excluding hydrogens is 350 g/mol. The van der Waals surface area contributed by atoms with Gasteiger partial charge in [0.25, 0.3) is 0 Å². The van der Waals surface area contributed by atoms with Gasteiger partial charge in [-0.25, -0.2) is 13.1 Å². The Balaban J connectivity index is 0.00000208. The number of hydrogen-bond donors (Lipinski definition) is 3. The number of hydrogen-bond acceptors (Lipinski definition) is 4. The van der Waals surface area contributed by atoms with Gasteiger partial charge in [-0.3, -0.25) is 4.79 Å². The van der Waals surface area contributed by atoms with Crippen LogP contribution in [0.2, 0.25) is 0 Å². The van der Waals surface area contributed by atoms with Gasteiger partial charge in [0.2, 0.25) is 15.9 Å². The predicted octanol–water partition coefficient (Wildman–Crippen LogP) is 1.64. The van der Waals surface area contributed by atoms with Crippen LogP contribution in [-0.4, -0.2) is 27.4 Å². The van der Waals surface area contributed by atoms with Gasteiger partial charge in [0.1, 0.15) is 0 Å². The molecule has 2 saturated carbocycles. The molecule has 2 fully saturated rings. The van der Waals surface area contributed by atoms with Gasteiger partial charge in [-0.2, -0.15) is 0 Å². The van der Waals surface area contributed by atoms with E-state index in [1.807, 2.05) is 0 Å². The zero-order valence-electron chi connectivity index (χ0n) is 13.8. The molecule has 1 aromatic carbocycles. The summed E-state index contributed by atoms with van der Waals surface area (Å²) in [6.07, 6.45) is 3.21. The number of halogens is 1. The Kier molecular flexibility index (Phi) is 5.59. The number of anilines is 1. The van der Waals surface area contributed by atoms with Crippen molar-refractivity contribution in [2.24, 2.45) is 23.5 Å². The maximum Gasteiger partial charge on any atom is 0.240 e. The predicted molar refractivity (Wildman–Crippen MR) is 95.6 cm³/mol. The molecule has 8 heteroatoms. The van der Waals surface area contributed by atoms with E-state index in [9.17, 15) is 13.2 Å². The summed E-state index contributed by atoms with van der Waals surface area (Å²) >= 11 is 0. The molecule has 1 aromatic rings. The summed E-state index contributed by atoms with van der Waals surface area (Å²) in [7, 11) is -2.18. The Morgan fingerprint density at radius 2 is 1.92 bits per heavy atom. The van der Waals surface area contributed by atoms with Crippen molar-refractivity contribution in [3.63, 3.8) is 0 Å². The Labute approximate surface area is 149 Å². The summed E-state index contributed by atoms with van der Waals surface area (Å²) in [4.78, 5) is 12.8. The van der Waals surface area contributed by atoms with Crippen LogP contribution in [0.1, 0.15) is 24.8 Å². The maximum atomic E-state index is 12.6. The minimum Gasteiger partial charge on any atom is -0.327 e. The standard InChI is InChI=1S/C16H23N3O3S.ClH/c1-9-3-6-12(8-13(9)23(21,22)18-2)19-16(20)14-10-4-5-11(7-10)15(14)17;/h3,6,8,10-11,14-15,18H,4-5,7,17H2,1-2H3,(H,19,20);1H. The monoisotopic (exact) mass is 373 g/mol. The lowest BCUT2D eigenvalue weighted by atomic mass is 9.84. The highest BCUT2D eigenvalue weighted by Crippen LogP contribution is 2.47. The first-order chi connectivity index (χ1) is 10.8. The van der Waals surface area contributed by atoms with Crippen molar-refractivity contribution < 1.29 is 13.2 Å². The number of amides is 1. The van der Waals surface area contributed by atoms with Crippen LogP contribution in [0.4, 0.5) is 5.69 Å². The van der Waals surface area contributed by atoms with Crippen LogP contribution in [0, 0.1) is 24.7 Å². The molecule has 0 heterocycles. The first-order valence-corrected chi connectivity index (χ1v) is 9.42. The molecule has 0 aromatic heterocycles. The fourth-order valence-corrected chi connectivity index (χ4v) is 5.02. The number of rotatable bonds is 4. The molecule has 1 amide bonds. The summed E-state index contributed by atoms with van der Waals surface area (Å²) in [6.45, 7) is 1.72. The number of carbonyl (C=O) groups is 1. The van der Waals surface area contributed by atoms with E-state index in [4.69, 9.17) is 5.73 Å². The lowest BCUT2D eigenvalue weighted by Crippen LogP contribution is -2.42. The van der Waals surface area contributed by atoms with Crippen molar-refractivity contribution in [2.75, 3.05) is 12.4 Å². The lowest BCUT2D eigenvalue weighted by molar-refractivity contribution is -0.121. The number of aryl methyl sites for hydroxylation is 1. The zero-order chi connectivity index (χ0) is 16.8. The number of fused-ring (bicyclic) bond motifs is 2. The van der Waals surface area contributed by atoms with E-state index in [2.05, 4.69) is 10.0 Å². The molecular formula is C16H24ClN3O3S. The van der Waals surface area contributed by atoms with Crippen molar-refractivity contribution in [2.45, 2.75) is 37.1 Å². The maximum absolute atomic E-state index is 12.6. The second kappa shape index (κ2) is 7.00. The van der Waals surface area contributed by atoms with Crippen molar-refractivity contribution in [1.29, 1.82) is 0 Å². The molecule has 3 rings (SSSR count). The molecule has 0 aliphatic heterocycles. The molecule has 4 N–H and O–H groups in total. The summed E-state index contributed by atoms with van der Waals surface area (Å²) in [5.74, 6) is 0.552. The number of carbonyl (C=O) groups excluding carboxylic acids is 1. The van der Waals surface area contributed by atoms with Crippen molar-refractivity contribution in [3.8, 4) is 0 Å². The first kappa shape index (κ1) is 19.2. The third-order valence-corrected chi connectivity index (χ3v) is 6.85. The topological polar surface area (TPSA) is 101 Å². The zero-order valence-corrected chi connectivity index (χ0v) is 15.4. The van der Waals surface area contributed by atoms with E-state index in [-0.39, 0.29) is 35.2 Å². The summed E-state index contributed by atoms with van der Waals surface area (Å²) in [6, 6.07) is 4.83. The molecule has 0 saturated heterocycles. The van der Waals surface area contributed by atoms with Crippen LogP contribution in [0.25, 0.3) is 0 Å². The van der Waals surface area contributed by atoms with Crippen molar-refractivity contribution in [1.82, 2.24) is 4.72 Å². The van der Waals surface area contributed by atoms with Crippen LogP contribution in [0.3, 0.4) is 0 Å². The Morgan fingerprint density at radius 1 is 1.25 bits per heavy atom. The van der Waals surface area contributed by atoms with E-state index in [0.717, 1.165) is 19.3 Å². The van der Waals surface area contributed by atoms with Crippen molar-refractivity contribution in [3.05, 3.63) is 23.8 Å². The normalized spacial score (nSPS) is 28.5. The van der Waals surface area contributed by atoms with Gasteiger partial charge in [-0.15, -0.1) is 12.4 Å². The molecule has 2 bridgehead atoms. The quantitative estimate of drug-likeness (QED) is 0.746. The molecule has 134 valence electrons. The minimum absolute atomic E-state index is 0. The number of nitrogens with two attached hydrogens (primary N) is 1. The smallest absolute Gasteiger partial charge is 0.240 e. The van der Waals surface area contributed by atoms with Crippen LogP contribution in [0.15, 0.2) is 23.1 Å². The van der Waals surface area contributed by atoms with Crippen LogP contribution in [-0.2, 0) is 14.8 Å². The highest BCUT2D eigenvalue weighted by atomic mass is 35.5. The van der Waals surface area contributed by atoms with Crippen LogP contribution < -0.4 is 15.8 Å². The highest BCUT2D eigenvalue weighted by Gasteiger charge is 2.49. The molecule has 0 spiro atoms. The Morgan fingerprint density at radius 3 is 2.50 bits per heavy atom. The van der Waals surface area contributed by atoms with Gasteiger partial charge in [0.15, 0.2) is 0 Å². The van der Waals surface area contributed by atoms with E-state index >= 15 is 0 Å². The fraction of sp³-hybridized carbons (Fsp3) is 0.562. The van der Waals surface area contributed by atoms with Gasteiger partial charge in [0.05, 0.1) is 10.8 Å². The molecule has 4 atom stereocenters. The molecule has 2 aliphatic rings. The summed E-state index contributed by atoms with van der Waals surface area (Å²) < 4.78 is 26.4. The van der Waals surface area contributed by atoms with E-state index in [0.29, 0.717) is 23.1 Å². The largest absolute Gasteiger partial charge is 0.327 e. The molecule has 24 heavy (non-hydrogen) atoms. The second-order valence-corrected chi connectivity index (χ2v) is 8.47. The first-order valence-electron chi connectivity index (χ1n) is 7.94. The highest BCUT2D eigenvalue weighted by molar-refractivity contribution is 7.89. The van der Waals surface area contributed by atoms with Crippen molar-refractivity contribution >= 4 is 34.0 Å². The van der Waals surface area contributed by atoms with Gasteiger partial charge in [0, 0.05) is 11.7 Å². The molecule has 6 nitrogen and oxygen atoms in total. The number of sulfonamides is 1. The average molecular weight is 374 g/mol. The van der Waals surface area contributed by atoms with Gasteiger partial charge in [-0.1, -0.05) is 6.07 Å². The third kappa shape index (κ3) is 3.31. The van der Waals surface area contributed by atoms with E-state index in [1.54, 1.807) is 19.1 Å². The fourth-order valence-electron chi connectivity index (χ4n) is 4.03. The van der Waals surface area contributed by atoms with E-state index < -0.39 is 10.0 Å². The van der Waals surface area contributed by atoms with Crippen LogP contribution >= 0.6 is 12.4 Å². The van der Waals surface area contributed by atoms with Gasteiger partial charge in [-0.05, 0) is 62.8 Å². The summed E-state index contributed by atoms with van der Waals surface area (Å²) in [5.41, 5.74) is 7.32. The number of benzene rings is 1. The van der Waals surface area contributed by atoms with E-state index in [1.165, 1.54) is 13.1 Å². The molecule has 2 aliphatic carbocycles. The third-order valence-electron chi connectivity index (χ3n) is 5.30. The minimum atomic E-state index is -3.55. The van der Waals surface area contributed by atoms with Gasteiger partial charge >= 0.3 is 0 Å². The SMILES string of the molecule is CNS(=O)(=O)c1cc(NC(=O)C2C3CCC(C3)C2N)ccc1C.Cl. The summed E-state index contributed by atoms with van der Waals surface area (Å²) in [5, 5.41) is 2.85. The molecule has 4 unspecified atom stereocenters. The second-order valence-electron chi connectivity index (χ2n) is 6.61. The lowest BCUT2D eigenvalue weighted by Gasteiger charge is -2.27. The Hall–Kier alpha value is -1.15.